The molecule has 1 aromatic heterocycles. The lowest BCUT2D eigenvalue weighted by atomic mass is 9.84. The number of pyridine rings is 1. The maximum absolute atomic E-state index is 11.1. The fourth-order valence-electron chi connectivity index (χ4n) is 2.66. The van der Waals surface area contributed by atoms with Crippen LogP contribution in [0.25, 0.3) is 0 Å². The van der Waals surface area contributed by atoms with E-state index in [1.54, 1.807) is 19.2 Å². The van der Waals surface area contributed by atoms with E-state index in [4.69, 9.17) is 5.73 Å². The standard InChI is InChI=1S/C13H20N4O2/c1-9-6-12(17(18)19)13(15-8-9)16-11-5-3-2-4-10(11)7-14/h6,8,10-11H,2-5,7,14H2,1H3,(H,15,16). The second-order valence-electron chi connectivity index (χ2n) is 5.17. The molecule has 0 aromatic carbocycles. The summed E-state index contributed by atoms with van der Waals surface area (Å²) in [4.78, 5) is 14.9. The first kappa shape index (κ1) is 13.7. The van der Waals surface area contributed by atoms with Crippen LogP contribution in [0.4, 0.5) is 11.5 Å². The fourth-order valence-corrected chi connectivity index (χ4v) is 2.66. The van der Waals surface area contributed by atoms with Crippen LogP contribution in [0.15, 0.2) is 12.3 Å². The van der Waals surface area contributed by atoms with E-state index in [2.05, 4.69) is 10.3 Å². The highest BCUT2D eigenvalue weighted by Gasteiger charge is 2.26. The molecule has 6 nitrogen and oxygen atoms in total. The van der Waals surface area contributed by atoms with E-state index in [0.29, 0.717) is 18.3 Å². The van der Waals surface area contributed by atoms with Crippen molar-refractivity contribution in [3.8, 4) is 0 Å². The highest BCUT2D eigenvalue weighted by Crippen LogP contribution is 2.29. The van der Waals surface area contributed by atoms with Gasteiger partial charge in [0.1, 0.15) is 0 Å². The normalized spacial score (nSPS) is 23.1. The summed E-state index contributed by atoms with van der Waals surface area (Å²) in [5.41, 5.74) is 6.61. The van der Waals surface area contributed by atoms with Gasteiger partial charge in [-0.2, -0.15) is 0 Å². The Labute approximate surface area is 112 Å². The summed E-state index contributed by atoms with van der Waals surface area (Å²) >= 11 is 0. The van der Waals surface area contributed by atoms with Crippen molar-refractivity contribution < 1.29 is 4.92 Å². The number of hydrogen-bond acceptors (Lipinski definition) is 5. The third-order valence-electron chi connectivity index (χ3n) is 3.73. The Kier molecular flexibility index (Phi) is 4.31. The number of nitrogens with one attached hydrogen (secondary N) is 1. The van der Waals surface area contributed by atoms with Gasteiger partial charge in [-0.25, -0.2) is 4.98 Å². The minimum absolute atomic E-state index is 0.0429. The predicted octanol–water partition coefficient (Wildman–Crippen LogP) is 2.23. The number of nitrogens with two attached hydrogens (primary N) is 1. The van der Waals surface area contributed by atoms with Gasteiger partial charge in [-0.05, 0) is 37.8 Å². The molecule has 0 bridgehead atoms. The molecule has 0 radical (unpaired) electrons. The summed E-state index contributed by atoms with van der Waals surface area (Å²) in [7, 11) is 0. The zero-order valence-electron chi connectivity index (χ0n) is 11.1. The summed E-state index contributed by atoms with van der Waals surface area (Å²) < 4.78 is 0. The largest absolute Gasteiger partial charge is 0.361 e. The van der Waals surface area contributed by atoms with Gasteiger partial charge in [-0.1, -0.05) is 12.8 Å². The molecule has 6 heteroatoms. The SMILES string of the molecule is Cc1cnc(NC2CCCCC2CN)c([N+](=O)[O-])c1. The second kappa shape index (κ2) is 5.97. The molecule has 0 amide bonds. The van der Waals surface area contributed by atoms with Gasteiger partial charge in [0.2, 0.25) is 5.82 Å². The minimum atomic E-state index is -0.386. The van der Waals surface area contributed by atoms with E-state index < -0.39 is 0 Å². The number of aromatic nitrogens is 1. The Hall–Kier alpha value is -1.69. The lowest BCUT2D eigenvalue weighted by Crippen LogP contribution is -2.37. The Morgan fingerprint density at radius 2 is 2.26 bits per heavy atom. The van der Waals surface area contributed by atoms with Crippen LogP contribution in [0.2, 0.25) is 0 Å². The van der Waals surface area contributed by atoms with E-state index in [9.17, 15) is 10.1 Å². The zero-order chi connectivity index (χ0) is 13.8. The van der Waals surface area contributed by atoms with Gasteiger partial charge < -0.3 is 11.1 Å². The molecule has 1 saturated carbocycles. The number of aryl methyl sites for hydroxylation is 1. The molecule has 1 fully saturated rings. The van der Waals surface area contributed by atoms with Gasteiger partial charge in [-0.15, -0.1) is 0 Å². The summed E-state index contributed by atoms with van der Waals surface area (Å²) in [6.07, 6.45) is 6.04. The van der Waals surface area contributed by atoms with Crippen molar-refractivity contribution in [2.45, 2.75) is 38.6 Å². The van der Waals surface area contributed by atoms with Gasteiger partial charge in [0.15, 0.2) is 0 Å². The molecule has 2 rings (SSSR count). The van der Waals surface area contributed by atoms with Crippen LogP contribution < -0.4 is 11.1 Å². The third-order valence-corrected chi connectivity index (χ3v) is 3.73. The second-order valence-corrected chi connectivity index (χ2v) is 5.17. The fraction of sp³-hybridized carbons (Fsp3) is 0.615. The van der Waals surface area contributed by atoms with Gasteiger partial charge in [0.05, 0.1) is 4.92 Å². The molecule has 2 atom stereocenters. The molecule has 0 spiro atoms. The average molecular weight is 264 g/mol. The monoisotopic (exact) mass is 264 g/mol. The van der Waals surface area contributed by atoms with Crippen molar-refractivity contribution in [1.29, 1.82) is 0 Å². The molecule has 0 saturated heterocycles. The highest BCUT2D eigenvalue weighted by atomic mass is 16.6. The molecule has 3 N–H and O–H groups in total. The van der Waals surface area contributed by atoms with Crippen molar-refractivity contribution in [2.75, 3.05) is 11.9 Å². The summed E-state index contributed by atoms with van der Waals surface area (Å²) in [5.74, 6) is 0.734. The summed E-state index contributed by atoms with van der Waals surface area (Å²) in [6, 6.07) is 1.74. The molecule has 19 heavy (non-hydrogen) atoms. The Balaban J connectivity index is 2.20. The summed E-state index contributed by atoms with van der Waals surface area (Å²) in [6.45, 7) is 2.41. The Morgan fingerprint density at radius 3 is 2.95 bits per heavy atom. The van der Waals surface area contributed by atoms with Crippen LogP contribution in [-0.4, -0.2) is 22.5 Å². The Bertz CT molecular complexity index is 464. The predicted molar refractivity (Wildman–Crippen MR) is 74.1 cm³/mol. The van der Waals surface area contributed by atoms with Gasteiger partial charge >= 0.3 is 5.69 Å². The van der Waals surface area contributed by atoms with Crippen molar-refractivity contribution in [1.82, 2.24) is 4.98 Å². The minimum Gasteiger partial charge on any atom is -0.361 e. The number of hydrogen-bond donors (Lipinski definition) is 2. The maximum atomic E-state index is 11.1. The maximum Gasteiger partial charge on any atom is 0.311 e. The van der Waals surface area contributed by atoms with Crippen LogP contribution in [0.3, 0.4) is 0 Å². The van der Waals surface area contributed by atoms with Crippen molar-refractivity contribution in [2.24, 2.45) is 11.7 Å². The smallest absolute Gasteiger partial charge is 0.311 e. The molecular weight excluding hydrogens is 244 g/mol. The zero-order valence-corrected chi connectivity index (χ0v) is 11.1. The summed E-state index contributed by atoms with van der Waals surface area (Å²) in [5, 5.41) is 14.3. The number of nitro groups is 1. The molecule has 2 unspecified atom stereocenters. The van der Waals surface area contributed by atoms with Gasteiger partial charge in [0.25, 0.3) is 0 Å². The van der Waals surface area contributed by atoms with Gasteiger partial charge in [0, 0.05) is 18.3 Å². The van der Waals surface area contributed by atoms with Crippen LogP contribution in [-0.2, 0) is 0 Å². The molecule has 1 heterocycles. The average Bonchev–Trinajstić information content (AvgIpc) is 2.41. The first-order valence-corrected chi connectivity index (χ1v) is 6.69. The van der Waals surface area contributed by atoms with E-state index >= 15 is 0 Å². The Morgan fingerprint density at radius 1 is 1.53 bits per heavy atom. The number of rotatable bonds is 4. The quantitative estimate of drug-likeness (QED) is 0.642. The van der Waals surface area contributed by atoms with E-state index in [0.717, 1.165) is 24.8 Å². The molecule has 0 aliphatic heterocycles. The first-order valence-electron chi connectivity index (χ1n) is 6.69. The molecule has 1 aromatic rings. The highest BCUT2D eigenvalue weighted by molar-refractivity contribution is 5.57. The van der Waals surface area contributed by atoms with E-state index in [1.165, 1.54) is 6.42 Å². The topological polar surface area (TPSA) is 94.1 Å². The molecular formula is C13H20N4O2. The van der Waals surface area contributed by atoms with Crippen molar-refractivity contribution >= 4 is 11.5 Å². The lowest BCUT2D eigenvalue weighted by molar-refractivity contribution is -0.384. The van der Waals surface area contributed by atoms with Gasteiger partial charge in [-0.3, -0.25) is 10.1 Å². The van der Waals surface area contributed by atoms with Crippen LogP contribution in [0.5, 0.6) is 0 Å². The van der Waals surface area contributed by atoms with Crippen molar-refractivity contribution in [3.05, 3.63) is 27.9 Å². The number of anilines is 1. The van der Waals surface area contributed by atoms with E-state index in [1.807, 2.05) is 0 Å². The molecule has 1 aliphatic rings. The van der Waals surface area contributed by atoms with Crippen LogP contribution >= 0.6 is 0 Å². The molecule has 104 valence electrons. The lowest BCUT2D eigenvalue weighted by Gasteiger charge is -2.31. The van der Waals surface area contributed by atoms with Crippen LogP contribution in [0.1, 0.15) is 31.2 Å². The number of nitrogens with zero attached hydrogens (tertiary/aromatic N) is 2. The van der Waals surface area contributed by atoms with E-state index in [-0.39, 0.29) is 16.7 Å². The first-order chi connectivity index (χ1) is 9.11. The molecule has 1 aliphatic carbocycles. The third kappa shape index (κ3) is 3.20. The van der Waals surface area contributed by atoms with Crippen LogP contribution in [0, 0.1) is 23.0 Å². The van der Waals surface area contributed by atoms with Crippen molar-refractivity contribution in [3.63, 3.8) is 0 Å².